The summed E-state index contributed by atoms with van der Waals surface area (Å²) >= 11 is 0. The molecule has 0 radical (unpaired) electrons. The second kappa shape index (κ2) is 31.7. The summed E-state index contributed by atoms with van der Waals surface area (Å²) in [4.78, 5) is 89.1. The smallest absolute Gasteiger partial charge is 0.329 e. The Labute approximate surface area is 454 Å². The van der Waals surface area contributed by atoms with Crippen LogP contribution in [-0.4, -0.2) is 157 Å². The van der Waals surface area contributed by atoms with E-state index in [0.29, 0.717) is 76.3 Å². The number of ketones is 3. The molecule has 0 spiro atoms. The fraction of sp³-hybridized carbons (Fsp3) is 0.759. The van der Waals surface area contributed by atoms with E-state index in [0.717, 1.165) is 18.7 Å². The van der Waals surface area contributed by atoms with E-state index in [-0.39, 0.29) is 73.6 Å². The fourth-order valence-electron chi connectivity index (χ4n) is 11.2. The van der Waals surface area contributed by atoms with Gasteiger partial charge in [-0.05, 0) is 120 Å². The van der Waals surface area contributed by atoms with Crippen LogP contribution in [0.15, 0.2) is 47.6 Å². The summed E-state index contributed by atoms with van der Waals surface area (Å²) in [5.41, 5.74) is 1.32. The van der Waals surface area contributed by atoms with Crippen LogP contribution in [0.1, 0.15) is 146 Å². The Balaban J connectivity index is 0.0000148. The lowest BCUT2D eigenvalue weighted by Gasteiger charge is -2.42. The lowest BCUT2D eigenvalue weighted by atomic mass is 9.78. The molecule has 2 saturated heterocycles. The van der Waals surface area contributed by atoms with Crippen molar-refractivity contribution in [3.05, 3.63) is 47.6 Å². The van der Waals surface area contributed by atoms with Crippen molar-refractivity contribution in [2.45, 2.75) is 200 Å². The number of aliphatic hydroxyl groups is 2. The number of allylic oxidation sites excluding steroid dienone is 6. The van der Waals surface area contributed by atoms with E-state index in [4.69, 9.17) is 28.4 Å². The van der Waals surface area contributed by atoms with E-state index in [1.807, 2.05) is 71.9 Å². The van der Waals surface area contributed by atoms with Gasteiger partial charge in [-0.25, -0.2) is 4.79 Å². The Morgan fingerprint density at radius 1 is 0.867 bits per heavy atom. The minimum atomic E-state index is -2.45. The van der Waals surface area contributed by atoms with Gasteiger partial charge in [0.2, 0.25) is 5.79 Å². The van der Waals surface area contributed by atoms with Gasteiger partial charge in [0.1, 0.15) is 17.9 Å². The number of carbonyl (C=O) groups excluding carboxylic acids is 6. The van der Waals surface area contributed by atoms with Gasteiger partial charge in [-0.2, -0.15) is 0 Å². The Morgan fingerprint density at radius 3 is 2.23 bits per heavy atom. The van der Waals surface area contributed by atoms with E-state index in [9.17, 15) is 39.0 Å². The zero-order valence-electron chi connectivity index (χ0n) is 47.2. The highest BCUT2D eigenvalue weighted by molar-refractivity contribution is 6.39. The van der Waals surface area contributed by atoms with Crippen LogP contribution < -0.4 is 0 Å². The second-order valence-electron chi connectivity index (χ2n) is 21.8. The third kappa shape index (κ3) is 18.5. The first kappa shape index (κ1) is 65.7. The van der Waals surface area contributed by atoms with Crippen molar-refractivity contribution >= 4 is 47.6 Å². The topological polar surface area (TPSA) is 205 Å². The molecule has 3 fully saturated rings. The summed E-state index contributed by atoms with van der Waals surface area (Å²) in [5.74, 6) is -8.75. The second-order valence-corrected chi connectivity index (χ2v) is 21.8. The van der Waals surface area contributed by atoms with Crippen LogP contribution in [0, 0.1) is 35.5 Å². The van der Waals surface area contributed by atoms with Crippen molar-refractivity contribution in [2.24, 2.45) is 35.5 Å². The first-order valence-electron chi connectivity index (χ1n) is 27.5. The SMILES string of the molecule is CCN(CC)CCC(=O)OC1C(C)=CC(C)C(=O)CC(C(C)CC2CCC(O)C(OC)C2)OC(=O)C2CCCCN2C(=O)C(=O)[C@@]2(O)OC(CCC2C)CC(OC)\C(C)=C/C=C/C=C/C(C)CC(C)C(=O)C1OC.Cl. The van der Waals surface area contributed by atoms with Gasteiger partial charge in [0, 0.05) is 65.0 Å². The number of piperidine rings is 1. The molecule has 2 bridgehead atoms. The third-order valence-electron chi connectivity index (χ3n) is 16.2. The average molecular weight is 1080 g/mol. The molecule has 16 nitrogen and oxygen atoms in total. The number of rotatable bonds is 12. The monoisotopic (exact) mass is 1080 g/mol. The van der Waals surface area contributed by atoms with Crippen molar-refractivity contribution in [2.75, 3.05) is 47.5 Å². The maximum Gasteiger partial charge on any atom is 0.329 e. The molecule has 3 heterocycles. The number of cyclic esters (lactones) is 1. The number of methoxy groups -OCH3 is 3. The van der Waals surface area contributed by atoms with Gasteiger partial charge < -0.3 is 48.4 Å². The highest BCUT2D eigenvalue weighted by atomic mass is 35.5. The minimum Gasteiger partial charge on any atom is -0.460 e. The van der Waals surface area contributed by atoms with Crippen LogP contribution in [0.5, 0.6) is 0 Å². The molecule has 75 heavy (non-hydrogen) atoms. The van der Waals surface area contributed by atoms with Crippen molar-refractivity contribution in [3.8, 4) is 0 Å². The lowest BCUT2D eigenvalue weighted by Crippen LogP contribution is -2.61. The molecule has 15 atom stereocenters. The Bertz CT molecular complexity index is 2000. The first-order chi connectivity index (χ1) is 35.1. The van der Waals surface area contributed by atoms with Crippen molar-refractivity contribution in [3.63, 3.8) is 0 Å². The molecule has 17 heteroatoms. The highest BCUT2D eigenvalue weighted by Gasteiger charge is 2.53. The predicted octanol–water partition coefficient (Wildman–Crippen LogP) is 7.89. The molecular weight excluding hydrogens is 984 g/mol. The molecule has 0 aromatic rings. The maximum atomic E-state index is 14.6. The van der Waals surface area contributed by atoms with E-state index < -0.39 is 89.8 Å². The number of fused-ring (bicyclic) bond motifs is 3. The van der Waals surface area contributed by atoms with Crippen LogP contribution in [-0.2, 0) is 57.2 Å². The maximum absolute atomic E-state index is 14.6. The molecule has 2 N–H and O–H groups in total. The number of carbonyl (C=O) groups is 6. The normalized spacial score (nSPS) is 35.7. The molecule has 4 rings (SSSR count). The predicted molar refractivity (Wildman–Crippen MR) is 289 cm³/mol. The summed E-state index contributed by atoms with van der Waals surface area (Å²) in [6, 6.07) is -1.17. The number of hydrogen-bond acceptors (Lipinski definition) is 15. The number of nitrogens with zero attached hydrogens (tertiary/aromatic N) is 2. The van der Waals surface area contributed by atoms with E-state index in [1.54, 1.807) is 41.1 Å². The zero-order chi connectivity index (χ0) is 54.9. The fourth-order valence-corrected chi connectivity index (χ4v) is 11.2. The number of aliphatic hydroxyl groups excluding tert-OH is 1. The molecule has 1 amide bonds. The van der Waals surface area contributed by atoms with Crippen LogP contribution >= 0.6 is 12.4 Å². The highest BCUT2D eigenvalue weighted by Crippen LogP contribution is 2.38. The van der Waals surface area contributed by atoms with Gasteiger partial charge in [0.05, 0.1) is 30.8 Å². The summed E-state index contributed by atoms with van der Waals surface area (Å²) < 4.78 is 36.1. The summed E-state index contributed by atoms with van der Waals surface area (Å²) in [6.07, 6.45) is 11.2. The minimum absolute atomic E-state index is 0. The molecule has 1 aliphatic carbocycles. The number of esters is 2. The van der Waals surface area contributed by atoms with Gasteiger partial charge in [-0.15, -0.1) is 12.4 Å². The Kier molecular flexibility index (Phi) is 27.8. The van der Waals surface area contributed by atoms with Gasteiger partial charge in [0.25, 0.3) is 11.7 Å². The van der Waals surface area contributed by atoms with E-state index >= 15 is 0 Å². The van der Waals surface area contributed by atoms with Gasteiger partial charge in [-0.1, -0.05) is 84.9 Å². The van der Waals surface area contributed by atoms with Crippen LogP contribution in [0.25, 0.3) is 0 Å². The molecule has 426 valence electrons. The van der Waals surface area contributed by atoms with Crippen molar-refractivity contribution in [1.82, 2.24) is 9.80 Å². The van der Waals surface area contributed by atoms with Gasteiger partial charge in [-0.3, -0.25) is 24.0 Å². The first-order valence-corrected chi connectivity index (χ1v) is 27.5. The molecule has 0 aromatic heterocycles. The lowest BCUT2D eigenvalue weighted by molar-refractivity contribution is -0.265. The molecule has 4 aliphatic rings. The molecular formula is C58H93ClN2O14. The summed E-state index contributed by atoms with van der Waals surface area (Å²) in [6.45, 7) is 18.8. The van der Waals surface area contributed by atoms with Gasteiger partial charge >= 0.3 is 11.9 Å². The number of ether oxygens (including phenoxy) is 6. The van der Waals surface area contributed by atoms with Crippen molar-refractivity contribution in [1.29, 1.82) is 0 Å². The van der Waals surface area contributed by atoms with Gasteiger partial charge in [0.15, 0.2) is 18.0 Å². The molecule has 0 aromatic carbocycles. The number of Topliss-reactive ketones (excluding diaryl/α,β-unsaturated/α-hetero) is 3. The number of hydrogen-bond donors (Lipinski definition) is 2. The number of amides is 1. The summed E-state index contributed by atoms with van der Waals surface area (Å²) in [7, 11) is 4.56. The average Bonchev–Trinajstić information content (AvgIpc) is 3.38. The van der Waals surface area contributed by atoms with E-state index in [2.05, 4.69) is 4.90 Å². The Hall–Kier alpha value is -3.61. The summed E-state index contributed by atoms with van der Waals surface area (Å²) in [5, 5.41) is 22.6. The quantitative estimate of drug-likeness (QED) is 0.108. The number of halogens is 1. The zero-order valence-corrected chi connectivity index (χ0v) is 48.0. The largest absolute Gasteiger partial charge is 0.460 e. The third-order valence-corrected chi connectivity index (χ3v) is 16.2. The van der Waals surface area contributed by atoms with Crippen LogP contribution in [0.4, 0.5) is 0 Å². The Morgan fingerprint density at radius 2 is 1.57 bits per heavy atom. The van der Waals surface area contributed by atoms with Crippen LogP contribution in [0.3, 0.4) is 0 Å². The van der Waals surface area contributed by atoms with Crippen LogP contribution in [0.2, 0.25) is 0 Å². The van der Waals surface area contributed by atoms with E-state index in [1.165, 1.54) is 12.0 Å². The molecule has 14 unspecified atom stereocenters. The molecule has 1 saturated carbocycles. The molecule has 3 aliphatic heterocycles. The van der Waals surface area contributed by atoms with Crippen molar-refractivity contribution < 1.29 is 67.4 Å². The standard InChI is InChI=1S/C58H92N2O14.ClH/c1-13-59(14-2)29-27-51(63)73-53-41(8)31-38(5)47(62)35-49(39(6)32-43-24-26-46(61)50(33-43)70-11)72-57(67)45-22-18-19-28-60(45)56(66)55(65)58(68)42(9)23-25-44(74-58)34-48(69-10)37(4)21-17-15-16-20-36(3)30-40(7)52(64)54(53)71-12;/h15-17,20-21,31,36,38-40,42-46,48-50,53-54,61,68H,13-14,18-19,22-30,32-35H2,1-12H3;1H/b17-15+,20-16+,37-21-,41-31?;/t36?,38?,39?,40?,42?,43?,44?,45?,46?,48?,49?,50?,53?,54?,58-;/m0./s1.